The molecule has 1 N–H and O–H groups in total. The Bertz CT molecular complexity index is 1270. The Balaban J connectivity index is 1.66. The van der Waals surface area contributed by atoms with Crippen molar-refractivity contribution in [2.45, 2.75) is 18.2 Å². The Morgan fingerprint density at radius 2 is 1.71 bits per heavy atom. The highest BCUT2D eigenvalue weighted by Gasteiger charge is 2.40. The van der Waals surface area contributed by atoms with E-state index in [1.54, 1.807) is 0 Å². The van der Waals surface area contributed by atoms with Crippen LogP contribution in [0.15, 0.2) is 93.9 Å². The minimum absolute atomic E-state index is 0.156. The monoisotopic (exact) mass is 535 g/mol. The Morgan fingerprint density at radius 3 is 2.35 bits per heavy atom. The van der Waals surface area contributed by atoms with Gasteiger partial charge in [0, 0.05) is 16.7 Å². The third kappa shape index (κ3) is 5.38. The number of benzene rings is 3. The van der Waals surface area contributed by atoms with Crippen molar-refractivity contribution < 1.29 is 14.0 Å². The number of thioether (sulfide) groups is 1. The molecule has 170 valence electrons. The first-order chi connectivity index (χ1) is 16.5. The van der Waals surface area contributed by atoms with E-state index in [9.17, 15) is 19.2 Å². The van der Waals surface area contributed by atoms with Crippen LogP contribution < -0.4 is 10.2 Å². The summed E-state index contributed by atoms with van der Waals surface area (Å²) in [6.45, 7) is 0.246. The number of hydrogen-bond donors (Lipinski definition) is 1. The molecule has 0 bridgehead atoms. The van der Waals surface area contributed by atoms with Gasteiger partial charge in [-0.15, -0.1) is 0 Å². The summed E-state index contributed by atoms with van der Waals surface area (Å²) in [6.07, 6.45) is 0.419. The zero-order valence-electron chi connectivity index (χ0n) is 17.9. The van der Waals surface area contributed by atoms with Gasteiger partial charge in [0.25, 0.3) is 5.91 Å². The van der Waals surface area contributed by atoms with Crippen LogP contribution in [0, 0.1) is 17.1 Å². The molecule has 5 nitrogen and oxygen atoms in total. The molecule has 0 spiro atoms. The van der Waals surface area contributed by atoms with Gasteiger partial charge in [-0.2, -0.15) is 5.26 Å². The molecule has 2 amide bonds. The highest BCUT2D eigenvalue weighted by molar-refractivity contribution is 9.10. The third-order valence-corrected chi connectivity index (χ3v) is 7.01. The van der Waals surface area contributed by atoms with E-state index in [4.69, 9.17) is 0 Å². The van der Waals surface area contributed by atoms with E-state index < -0.39 is 17.0 Å². The van der Waals surface area contributed by atoms with E-state index in [0.29, 0.717) is 12.1 Å². The molecular weight excluding hydrogens is 517 g/mol. The number of nitrogens with zero attached hydrogens (tertiary/aromatic N) is 2. The van der Waals surface area contributed by atoms with Gasteiger partial charge >= 0.3 is 0 Å². The van der Waals surface area contributed by atoms with Gasteiger partial charge in [-0.25, -0.2) is 4.39 Å². The lowest BCUT2D eigenvalue weighted by atomic mass is 10.1. The first-order valence-electron chi connectivity index (χ1n) is 10.4. The van der Waals surface area contributed by atoms with Crippen LogP contribution in [-0.2, 0) is 22.6 Å². The van der Waals surface area contributed by atoms with Crippen LogP contribution in [-0.4, -0.2) is 17.1 Å². The summed E-state index contributed by atoms with van der Waals surface area (Å²) in [6, 6.07) is 24.3. The summed E-state index contributed by atoms with van der Waals surface area (Å²) in [5.74, 6) is -1.28. The number of halogens is 2. The zero-order chi connectivity index (χ0) is 24.1. The molecule has 3 aromatic carbocycles. The van der Waals surface area contributed by atoms with Crippen LogP contribution >= 0.6 is 27.7 Å². The SMILES string of the molecule is N#CC(C(=O)NCc1ccccc1)=C1SC(Cc2ccc(Br)cc2)C(=O)N1c1ccc(F)cc1. The molecule has 0 saturated carbocycles. The van der Waals surface area contributed by atoms with Crippen LogP contribution in [0.5, 0.6) is 0 Å². The van der Waals surface area contributed by atoms with E-state index in [-0.39, 0.29) is 23.1 Å². The van der Waals surface area contributed by atoms with Crippen molar-refractivity contribution in [1.82, 2.24) is 5.32 Å². The molecular formula is C26H19BrFN3O2S. The van der Waals surface area contributed by atoms with Crippen LogP contribution in [0.1, 0.15) is 11.1 Å². The average Bonchev–Trinajstić information content (AvgIpc) is 3.16. The van der Waals surface area contributed by atoms with Crippen LogP contribution in [0.2, 0.25) is 0 Å². The lowest BCUT2D eigenvalue weighted by molar-refractivity contribution is -0.117. The first kappa shape index (κ1) is 23.7. The van der Waals surface area contributed by atoms with E-state index in [2.05, 4.69) is 21.2 Å². The Labute approximate surface area is 209 Å². The van der Waals surface area contributed by atoms with Gasteiger partial charge in [0.15, 0.2) is 0 Å². The molecule has 4 rings (SSSR count). The van der Waals surface area contributed by atoms with Crippen molar-refractivity contribution in [1.29, 1.82) is 5.26 Å². The van der Waals surface area contributed by atoms with Crippen LogP contribution in [0.4, 0.5) is 10.1 Å². The smallest absolute Gasteiger partial charge is 0.264 e. The molecule has 1 aliphatic rings. The molecule has 0 aromatic heterocycles. The summed E-state index contributed by atoms with van der Waals surface area (Å²) in [5, 5.41) is 12.3. The van der Waals surface area contributed by atoms with Gasteiger partial charge < -0.3 is 5.32 Å². The number of anilines is 1. The van der Waals surface area contributed by atoms with Crippen molar-refractivity contribution in [3.63, 3.8) is 0 Å². The number of carbonyl (C=O) groups is 2. The minimum Gasteiger partial charge on any atom is -0.347 e. The molecule has 0 aliphatic carbocycles. The number of rotatable bonds is 6. The predicted molar refractivity (Wildman–Crippen MR) is 134 cm³/mol. The fourth-order valence-electron chi connectivity index (χ4n) is 3.51. The number of nitriles is 1. The molecule has 8 heteroatoms. The van der Waals surface area contributed by atoms with Gasteiger partial charge in [-0.1, -0.05) is 70.2 Å². The van der Waals surface area contributed by atoms with Crippen molar-refractivity contribution in [3.05, 3.63) is 111 Å². The van der Waals surface area contributed by atoms with Crippen molar-refractivity contribution in [2.75, 3.05) is 4.90 Å². The third-order valence-electron chi connectivity index (χ3n) is 5.22. The first-order valence-corrected chi connectivity index (χ1v) is 12.1. The van der Waals surface area contributed by atoms with Gasteiger partial charge in [-0.3, -0.25) is 14.5 Å². The summed E-state index contributed by atoms with van der Waals surface area (Å²) >= 11 is 4.58. The number of hydrogen-bond acceptors (Lipinski definition) is 4. The normalized spacial score (nSPS) is 16.8. The van der Waals surface area contributed by atoms with Crippen molar-refractivity contribution in [3.8, 4) is 6.07 Å². The molecule has 1 saturated heterocycles. The molecule has 34 heavy (non-hydrogen) atoms. The Hall–Kier alpha value is -3.41. The number of carbonyl (C=O) groups excluding carboxylic acids is 2. The standard InChI is InChI=1S/C26H19BrFN3O2S/c27-19-8-6-17(7-9-19)14-23-25(33)31(21-12-10-20(28)11-13-21)26(34-23)22(15-29)24(32)30-16-18-4-2-1-3-5-18/h1-13,23H,14,16H2,(H,30,32). The summed E-state index contributed by atoms with van der Waals surface area (Å²) < 4.78 is 14.5. The maximum Gasteiger partial charge on any atom is 0.264 e. The lowest BCUT2D eigenvalue weighted by Gasteiger charge is -2.18. The Morgan fingerprint density at radius 1 is 1.03 bits per heavy atom. The molecule has 1 unspecified atom stereocenters. The van der Waals surface area contributed by atoms with Crippen molar-refractivity contribution in [2.24, 2.45) is 0 Å². The van der Waals surface area contributed by atoms with E-state index in [0.717, 1.165) is 15.6 Å². The topological polar surface area (TPSA) is 73.2 Å². The number of amides is 2. The summed E-state index contributed by atoms with van der Waals surface area (Å²) in [7, 11) is 0. The van der Waals surface area contributed by atoms with Crippen LogP contribution in [0.25, 0.3) is 0 Å². The minimum atomic E-state index is -0.571. The quantitative estimate of drug-likeness (QED) is 0.342. The molecule has 1 aliphatic heterocycles. The zero-order valence-corrected chi connectivity index (χ0v) is 20.3. The second-order valence-corrected chi connectivity index (χ2v) is 9.65. The highest BCUT2D eigenvalue weighted by Crippen LogP contribution is 2.42. The van der Waals surface area contributed by atoms with E-state index >= 15 is 0 Å². The largest absolute Gasteiger partial charge is 0.347 e. The van der Waals surface area contributed by atoms with E-state index in [1.807, 2.05) is 60.7 Å². The number of nitrogens with one attached hydrogen (secondary N) is 1. The lowest BCUT2D eigenvalue weighted by Crippen LogP contribution is -2.32. The highest BCUT2D eigenvalue weighted by atomic mass is 79.9. The van der Waals surface area contributed by atoms with Gasteiger partial charge in [-0.05, 0) is 53.9 Å². The maximum atomic E-state index is 13.5. The van der Waals surface area contributed by atoms with Gasteiger partial charge in [0.05, 0.1) is 5.25 Å². The molecule has 0 radical (unpaired) electrons. The molecule has 1 heterocycles. The average molecular weight is 536 g/mol. The second-order valence-electron chi connectivity index (χ2n) is 7.55. The van der Waals surface area contributed by atoms with Gasteiger partial charge in [0.1, 0.15) is 22.5 Å². The van der Waals surface area contributed by atoms with Crippen molar-refractivity contribution >= 4 is 45.2 Å². The van der Waals surface area contributed by atoms with Gasteiger partial charge in [0.2, 0.25) is 5.91 Å². The Kier molecular flexibility index (Phi) is 7.46. The molecule has 1 atom stereocenters. The maximum absolute atomic E-state index is 13.5. The summed E-state index contributed by atoms with van der Waals surface area (Å²) in [5.41, 5.74) is 2.07. The fraction of sp³-hybridized carbons (Fsp3) is 0.115. The molecule has 3 aromatic rings. The second kappa shape index (κ2) is 10.7. The fourth-order valence-corrected chi connectivity index (χ4v) is 5.09. The van der Waals surface area contributed by atoms with E-state index in [1.165, 1.54) is 40.9 Å². The summed E-state index contributed by atoms with van der Waals surface area (Å²) in [4.78, 5) is 27.7. The predicted octanol–water partition coefficient (Wildman–Crippen LogP) is 5.33. The van der Waals surface area contributed by atoms with Crippen LogP contribution in [0.3, 0.4) is 0 Å². The molecule has 1 fully saturated rings.